The summed E-state index contributed by atoms with van der Waals surface area (Å²) in [6.07, 6.45) is 1.74. The van der Waals surface area contributed by atoms with Crippen LogP contribution in [0.1, 0.15) is 36.2 Å². The summed E-state index contributed by atoms with van der Waals surface area (Å²) in [6, 6.07) is 7.21. The quantitative estimate of drug-likeness (QED) is 0.726. The van der Waals surface area contributed by atoms with Crippen molar-refractivity contribution in [3.05, 3.63) is 65.2 Å². The number of hydrogen-bond donors (Lipinski definition) is 0. The number of benzene rings is 1. The topological polar surface area (TPSA) is 25.2 Å². The van der Waals surface area contributed by atoms with Gasteiger partial charge in [0.2, 0.25) is 0 Å². The van der Waals surface area contributed by atoms with Gasteiger partial charge >= 0.3 is 0 Å². The van der Waals surface area contributed by atoms with E-state index in [0.717, 1.165) is 33.7 Å². The van der Waals surface area contributed by atoms with Crippen LogP contribution in [0.2, 0.25) is 0 Å². The van der Waals surface area contributed by atoms with E-state index < -0.39 is 0 Å². The van der Waals surface area contributed by atoms with Gasteiger partial charge in [-0.2, -0.15) is 0 Å². The van der Waals surface area contributed by atoms with Gasteiger partial charge in [-0.15, -0.1) is 0 Å². The minimum atomic E-state index is -0.325. The second-order valence-electron chi connectivity index (χ2n) is 5.30. The zero-order valence-corrected chi connectivity index (χ0v) is 12.9. The fourth-order valence-electron chi connectivity index (χ4n) is 2.23. The Labute approximate surface area is 125 Å². The standard InChI is InChI=1S/C18H19FN2/c1-11(2)21-18-12(3)9-15(10-17(18)19)13(4)16-7-6-8-20-14(16)5/h6-10H,4H2,1-3,5H3. The van der Waals surface area contributed by atoms with Crippen LogP contribution in [0.5, 0.6) is 0 Å². The molecular weight excluding hydrogens is 263 g/mol. The zero-order chi connectivity index (χ0) is 15.6. The molecule has 0 spiro atoms. The summed E-state index contributed by atoms with van der Waals surface area (Å²) in [6.45, 7) is 11.6. The minimum Gasteiger partial charge on any atom is -0.261 e. The molecule has 0 aliphatic rings. The van der Waals surface area contributed by atoms with E-state index in [9.17, 15) is 4.39 Å². The first-order chi connectivity index (χ1) is 9.90. The van der Waals surface area contributed by atoms with E-state index in [4.69, 9.17) is 0 Å². The molecule has 0 fully saturated rings. The smallest absolute Gasteiger partial charge is 0.149 e. The largest absolute Gasteiger partial charge is 0.261 e. The average molecular weight is 282 g/mol. The Morgan fingerprint density at radius 2 is 1.95 bits per heavy atom. The maximum Gasteiger partial charge on any atom is 0.149 e. The van der Waals surface area contributed by atoms with Crippen LogP contribution in [0.15, 0.2) is 42.0 Å². The minimum absolute atomic E-state index is 0.325. The third kappa shape index (κ3) is 3.24. The number of aliphatic imine (C=N–C) groups is 1. The summed E-state index contributed by atoms with van der Waals surface area (Å²) in [4.78, 5) is 8.50. The van der Waals surface area contributed by atoms with Crippen LogP contribution in [0.3, 0.4) is 0 Å². The molecule has 0 saturated carbocycles. The molecule has 2 nitrogen and oxygen atoms in total. The van der Waals surface area contributed by atoms with E-state index in [2.05, 4.69) is 16.6 Å². The summed E-state index contributed by atoms with van der Waals surface area (Å²) in [5.41, 5.74) is 5.36. The lowest BCUT2D eigenvalue weighted by atomic mass is 9.96. The average Bonchev–Trinajstić information content (AvgIpc) is 2.42. The molecule has 0 atom stereocenters. The van der Waals surface area contributed by atoms with Gasteiger partial charge in [0.25, 0.3) is 0 Å². The molecule has 2 aromatic rings. The molecule has 0 saturated heterocycles. The van der Waals surface area contributed by atoms with Crippen molar-refractivity contribution in [2.24, 2.45) is 4.99 Å². The van der Waals surface area contributed by atoms with Crippen molar-refractivity contribution in [3.8, 4) is 0 Å². The van der Waals surface area contributed by atoms with E-state index >= 15 is 0 Å². The molecule has 0 unspecified atom stereocenters. The SMILES string of the molecule is C=C(c1cc(C)c(N=C(C)C)c(F)c1)c1cccnc1C. The van der Waals surface area contributed by atoms with Gasteiger partial charge in [-0.1, -0.05) is 12.6 Å². The van der Waals surface area contributed by atoms with Gasteiger partial charge in [0, 0.05) is 23.2 Å². The molecular formula is C18H19FN2. The summed E-state index contributed by atoms with van der Waals surface area (Å²) in [7, 11) is 0. The molecule has 2 rings (SSSR count). The number of aromatic nitrogens is 1. The van der Waals surface area contributed by atoms with Crippen molar-refractivity contribution >= 4 is 17.0 Å². The van der Waals surface area contributed by atoms with Crippen LogP contribution < -0.4 is 0 Å². The maximum atomic E-state index is 14.3. The Bertz CT molecular complexity index is 703. The summed E-state index contributed by atoms with van der Waals surface area (Å²) in [5, 5.41) is 0. The first-order valence-corrected chi connectivity index (χ1v) is 6.83. The predicted octanol–water partition coefficient (Wildman–Crippen LogP) is 5.01. The van der Waals surface area contributed by atoms with Crippen molar-refractivity contribution in [2.45, 2.75) is 27.7 Å². The second kappa shape index (κ2) is 6.00. The van der Waals surface area contributed by atoms with Crippen molar-refractivity contribution < 1.29 is 4.39 Å². The van der Waals surface area contributed by atoms with Gasteiger partial charge in [0.1, 0.15) is 11.5 Å². The Hall–Kier alpha value is -2.29. The molecule has 3 heteroatoms. The molecule has 108 valence electrons. The van der Waals surface area contributed by atoms with Crippen molar-refractivity contribution in [1.29, 1.82) is 0 Å². The van der Waals surface area contributed by atoms with Gasteiger partial charge < -0.3 is 0 Å². The van der Waals surface area contributed by atoms with Crippen molar-refractivity contribution in [2.75, 3.05) is 0 Å². The molecule has 0 radical (unpaired) electrons. The maximum absolute atomic E-state index is 14.3. The van der Waals surface area contributed by atoms with Crippen LogP contribution in [-0.4, -0.2) is 10.7 Å². The highest BCUT2D eigenvalue weighted by Gasteiger charge is 2.12. The predicted molar refractivity (Wildman–Crippen MR) is 86.7 cm³/mol. The lowest BCUT2D eigenvalue weighted by Crippen LogP contribution is -1.95. The number of hydrogen-bond acceptors (Lipinski definition) is 2. The van der Waals surface area contributed by atoms with E-state index in [1.807, 2.05) is 45.9 Å². The van der Waals surface area contributed by atoms with E-state index in [1.165, 1.54) is 6.07 Å². The molecule has 0 aliphatic heterocycles. The molecule has 0 bridgehead atoms. The summed E-state index contributed by atoms with van der Waals surface area (Å²) >= 11 is 0. The molecule has 1 aromatic heterocycles. The second-order valence-corrected chi connectivity index (χ2v) is 5.30. The first kappa shape index (κ1) is 15.1. The highest BCUT2D eigenvalue weighted by atomic mass is 19.1. The third-order valence-electron chi connectivity index (χ3n) is 3.27. The Balaban J connectivity index is 2.50. The Morgan fingerprint density at radius 3 is 2.52 bits per heavy atom. The lowest BCUT2D eigenvalue weighted by molar-refractivity contribution is 0.628. The zero-order valence-electron chi connectivity index (χ0n) is 12.9. The molecule has 21 heavy (non-hydrogen) atoms. The van der Waals surface area contributed by atoms with Gasteiger partial charge in [0.05, 0.1) is 0 Å². The Kier molecular flexibility index (Phi) is 4.32. The molecule has 0 aliphatic carbocycles. The molecule has 1 aromatic carbocycles. The van der Waals surface area contributed by atoms with E-state index in [0.29, 0.717) is 5.69 Å². The Morgan fingerprint density at radius 1 is 1.24 bits per heavy atom. The molecule has 0 amide bonds. The normalized spacial score (nSPS) is 10.3. The highest BCUT2D eigenvalue weighted by molar-refractivity contribution is 5.84. The first-order valence-electron chi connectivity index (χ1n) is 6.83. The number of pyridine rings is 1. The monoisotopic (exact) mass is 282 g/mol. The fourth-order valence-corrected chi connectivity index (χ4v) is 2.23. The van der Waals surface area contributed by atoms with Crippen molar-refractivity contribution in [1.82, 2.24) is 4.98 Å². The van der Waals surface area contributed by atoms with Crippen LogP contribution in [0.4, 0.5) is 10.1 Å². The highest BCUT2D eigenvalue weighted by Crippen LogP contribution is 2.30. The van der Waals surface area contributed by atoms with Crippen LogP contribution in [-0.2, 0) is 0 Å². The molecule has 1 heterocycles. The van der Waals surface area contributed by atoms with E-state index in [1.54, 1.807) is 6.20 Å². The number of aryl methyl sites for hydroxylation is 2. The van der Waals surface area contributed by atoms with E-state index in [-0.39, 0.29) is 5.82 Å². The number of rotatable bonds is 3. The molecule has 0 N–H and O–H groups in total. The van der Waals surface area contributed by atoms with Gasteiger partial charge in [0.15, 0.2) is 0 Å². The fraction of sp³-hybridized carbons (Fsp3) is 0.222. The third-order valence-corrected chi connectivity index (χ3v) is 3.27. The summed E-state index contributed by atoms with van der Waals surface area (Å²) < 4.78 is 14.3. The van der Waals surface area contributed by atoms with Crippen molar-refractivity contribution in [3.63, 3.8) is 0 Å². The van der Waals surface area contributed by atoms with Gasteiger partial charge in [-0.05, 0) is 62.6 Å². The number of nitrogens with zero attached hydrogens (tertiary/aromatic N) is 2. The van der Waals surface area contributed by atoms with Crippen LogP contribution in [0.25, 0.3) is 5.57 Å². The van der Waals surface area contributed by atoms with Crippen LogP contribution in [0, 0.1) is 19.7 Å². The van der Waals surface area contributed by atoms with Crippen LogP contribution >= 0.6 is 0 Å². The summed E-state index contributed by atoms with van der Waals surface area (Å²) in [5.74, 6) is -0.325. The lowest BCUT2D eigenvalue weighted by Gasteiger charge is -2.12. The number of halogens is 1. The van der Waals surface area contributed by atoms with Gasteiger partial charge in [-0.25, -0.2) is 4.39 Å². The van der Waals surface area contributed by atoms with Gasteiger partial charge in [-0.3, -0.25) is 9.98 Å².